The first kappa shape index (κ1) is 32.5. The van der Waals surface area contributed by atoms with Crippen molar-refractivity contribution < 1.29 is 26.4 Å². The van der Waals surface area contributed by atoms with E-state index in [1.54, 1.807) is 24.3 Å². The van der Waals surface area contributed by atoms with E-state index in [2.05, 4.69) is 45.5 Å². The van der Waals surface area contributed by atoms with Gasteiger partial charge in [0.05, 0.1) is 29.0 Å². The lowest BCUT2D eigenvalue weighted by Gasteiger charge is -2.44. The highest BCUT2D eigenvalue weighted by atomic mass is 32.2. The summed E-state index contributed by atoms with van der Waals surface area (Å²) >= 11 is 0. The number of amidine groups is 1. The third-order valence-corrected chi connectivity index (χ3v) is 10.4. The van der Waals surface area contributed by atoms with Gasteiger partial charge in [-0.05, 0) is 61.1 Å². The first-order chi connectivity index (χ1) is 22.0. The van der Waals surface area contributed by atoms with E-state index < -0.39 is 49.1 Å². The molecule has 0 spiro atoms. The highest BCUT2D eigenvalue weighted by Gasteiger charge is 2.55. The normalized spacial score (nSPS) is 21.4. The number of carbonyl (C=O) groups is 2. The van der Waals surface area contributed by atoms with Gasteiger partial charge < -0.3 is 10.3 Å². The van der Waals surface area contributed by atoms with E-state index in [-0.39, 0.29) is 33.1 Å². The second-order valence-corrected chi connectivity index (χ2v) is 16.7. The maximum atomic E-state index is 15.0. The minimum Gasteiger partial charge on any atom is -0.341 e. The summed E-state index contributed by atoms with van der Waals surface area (Å²) in [5.41, 5.74) is 0.884. The number of nitrogens with zero attached hydrogens (tertiary/aromatic N) is 2. The van der Waals surface area contributed by atoms with Gasteiger partial charge in [-0.1, -0.05) is 57.2 Å². The first-order valence-electron chi connectivity index (χ1n) is 15.1. The Balaban J connectivity index is 1.47. The molecule has 12 nitrogen and oxygen atoms in total. The molecule has 3 unspecified atom stereocenters. The van der Waals surface area contributed by atoms with Gasteiger partial charge in [-0.2, -0.15) is 8.42 Å². The Bertz CT molecular complexity index is 2150. The number of hydrogen-bond acceptors (Lipinski definition) is 9. The molecule has 4 aromatic rings. The minimum absolute atomic E-state index is 0.0268. The first-order valence-corrected chi connectivity index (χ1v) is 18.4. The zero-order chi connectivity index (χ0) is 33.9. The summed E-state index contributed by atoms with van der Waals surface area (Å²) in [6, 6.07) is 17.9. The average Bonchev–Trinajstić information content (AvgIpc) is 3.42. The molecule has 3 atom stereocenters. The Hall–Kier alpha value is -4.40. The van der Waals surface area contributed by atoms with Crippen LogP contribution in [0.15, 0.2) is 76.0 Å². The van der Waals surface area contributed by atoms with Crippen LogP contribution in [0.1, 0.15) is 68.3 Å². The number of fused-ring (bicyclic) bond motifs is 3. The molecule has 2 heterocycles. The van der Waals surface area contributed by atoms with Crippen LogP contribution in [0, 0.1) is 11.3 Å². The van der Waals surface area contributed by atoms with Crippen molar-refractivity contribution in [3.63, 3.8) is 0 Å². The second-order valence-electron chi connectivity index (χ2n) is 13.3. The van der Waals surface area contributed by atoms with Crippen molar-refractivity contribution in [3.05, 3.63) is 83.7 Å². The maximum Gasteiger partial charge on any atom is 0.286 e. The van der Waals surface area contributed by atoms with Crippen LogP contribution in [0.25, 0.3) is 11.0 Å². The Kier molecular flexibility index (Phi) is 7.88. The fourth-order valence-corrected chi connectivity index (χ4v) is 7.95. The number of hydrogen-bond donors (Lipinski definition) is 4. The van der Waals surface area contributed by atoms with E-state index in [0.29, 0.717) is 24.2 Å². The Labute approximate surface area is 273 Å². The largest absolute Gasteiger partial charge is 0.341 e. The third kappa shape index (κ3) is 6.20. The summed E-state index contributed by atoms with van der Waals surface area (Å²) in [4.78, 5) is 36.9. The van der Waals surface area contributed by atoms with Gasteiger partial charge in [-0.25, -0.2) is 13.4 Å². The van der Waals surface area contributed by atoms with Crippen molar-refractivity contribution in [2.24, 2.45) is 15.7 Å². The van der Waals surface area contributed by atoms with Gasteiger partial charge in [-0.15, -0.1) is 4.40 Å². The van der Waals surface area contributed by atoms with Gasteiger partial charge in [-0.3, -0.25) is 19.6 Å². The SMILES string of the molecule is CC(NC1(CCC(C)(C)C)C(=O)C(C2=NS(=O)(=O)c3cc(NS(C)(=O)=O)ccc3N2)C(=O)c2ccccc21)c1nc2ccccc2[nH]1. The molecule has 0 amide bonds. The van der Waals surface area contributed by atoms with Gasteiger partial charge in [0, 0.05) is 11.3 Å². The van der Waals surface area contributed by atoms with Gasteiger partial charge in [0.2, 0.25) is 10.0 Å². The van der Waals surface area contributed by atoms with Crippen LogP contribution >= 0.6 is 0 Å². The number of Topliss-reactive ketones (excluding diaryl/α,β-unsaturated/α-hetero) is 2. The number of para-hydroxylation sites is 2. The monoisotopic (exact) mass is 676 g/mol. The number of nitrogens with one attached hydrogen (secondary N) is 4. The zero-order valence-corrected chi connectivity index (χ0v) is 28.2. The number of imidazole rings is 1. The Morgan fingerprint density at radius 3 is 2.43 bits per heavy atom. The standard InChI is InChI=1S/C33H36N6O6S2/c1-19(30-34-23-12-8-9-13-24(23)35-30)37-33(17-16-32(2,3)4)22-11-7-6-10-21(22)28(40)27(29(33)41)31-36-25-15-14-20(38-46(5,42)43)18-26(25)47(44,45)39-31/h6-15,18-19,27,37-38H,16-17H2,1-5H3,(H,34,35)(H,36,39). The van der Waals surface area contributed by atoms with Crippen LogP contribution in [0.4, 0.5) is 11.4 Å². The number of aromatic amines is 1. The highest BCUT2D eigenvalue weighted by Crippen LogP contribution is 2.44. The minimum atomic E-state index is -4.45. The number of aromatic nitrogens is 2. The number of H-pyrrole nitrogens is 1. The topological polar surface area (TPSA) is 180 Å². The van der Waals surface area contributed by atoms with Crippen molar-refractivity contribution in [2.45, 2.75) is 57.0 Å². The van der Waals surface area contributed by atoms with Crippen molar-refractivity contribution in [3.8, 4) is 0 Å². The Morgan fingerprint density at radius 2 is 1.72 bits per heavy atom. The van der Waals surface area contributed by atoms with E-state index in [1.165, 1.54) is 12.1 Å². The molecule has 0 radical (unpaired) electrons. The molecule has 0 saturated carbocycles. The molecule has 0 fully saturated rings. The van der Waals surface area contributed by atoms with Crippen LogP contribution in [0.5, 0.6) is 0 Å². The molecule has 4 N–H and O–H groups in total. The van der Waals surface area contributed by atoms with Crippen molar-refractivity contribution >= 4 is 59.9 Å². The number of carbonyl (C=O) groups excluding carboxylic acids is 2. The fourth-order valence-electron chi connectivity index (χ4n) is 6.21. The van der Waals surface area contributed by atoms with Crippen molar-refractivity contribution in [2.75, 3.05) is 16.3 Å². The summed E-state index contributed by atoms with van der Waals surface area (Å²) in [7, 11) is -8.13. The molecule has 3 aromatic carbocycles. The zero-order valence-electron chi connectivity index (χ0n) is 26.6. The quantitative estimate of drug-likeness (QED) is 0.189. The van der Waals surface area contributed by atoms with Crippen molar-refractivity contribution in [1.82, 2.24) is 15.3 Å². The fraction of sp³-hybridized carbons (Fsp3) is 0.333. The number of sulfonamides is 2. The molecule has 14 heteroatoms. The van der Waals surface area contributed by atoms with Crippen LogP contribution in [-0.2, 0) is 30.4 Å². The van der Waals surface area contributed by atoms with Gasteiger partial charge >= 0.3 is 0 Å². The molecular formula is C33H36N6O6S2. The van der Waals surface area contributed by atoms with Crippen LogP contribution in [0.3, 0.4) is 0 Å². The lowest BCUT2D eigenvalue weighted by Crippen LogP contribution is -2.60. The molecule has 6 rings (SSSR count). The number of benzene rings is 3. The molecule has 246 valence electrons. The predicted octanol–water partition coefficient (Wildman–Crippen LogP) is 4.90. The molecule has 0 bridgehead atoms. The summed E-state index contributed by atoms with van der Waals surface area (Å²) in [5.74, 6) is -2.39. The number of rotatable bonds is 8. The third-order valence-electron chi connectivity index (χ3n) is 8.45. The van der Waals surface area contributed by atoms with Gasteiger partial charge in [0.25, 0.3) is 10.0 Å². The number of ketones is 2. The van der Waals surface area contributed by atoms with E-state index in [0.717, 1.165) is 23.4 Å². The summed E-state index contributed by atoms with van der Waals surface area (Å²) in [6.07, 6.45) is 1.84. The number of anilines is 2. The van der Waals surface area contributed by atoms with Crippen LogP contribution < -0.4 is 15.4 Å². The highest BCUT2D eigenvalue weighted by molar-refractivity contribution is 7.92. The molecule has 1 aliphatic carbocycles. The summed E-state index contributed by atoms with van der Waals surface area (Å²) in [5, 5.41) is 6.48. The lowest BCUT2D eigenvalue weighted by molar-refractivity contribution is -0.128. The molecule has 0 saturated heterocycles. The van der Waals surface area contributed by atoms with E-state index in [4.69, 9.17) is 4.98 Å². The molecule has 47 heavy (non-hydrogen) atoms. The predicted molar refractivity (Wildman–Crippen MR) is 180 cm³/mol. The summed E-state index contributed by atoms with van der Waals surface area (Å²) in [6.45, 7) is 8.08. The van der Waals surface area contributed by atoms with Crippen molar-refractivity contribution in [1.29, 1.82) is 0 Å². The van der Waals surface area contributed by atoms with E-state index >= 15 is 4.79 Å². The van der Waals surface area contributed by atoms with Gasteiger partial charge in [0.1, 0.15) is 28.0 Å². The lowest BCUT2D eigenvalue weighted by atomic mass is 9.65. The van der Waals surface area contributed by atoms with Gasteiger partial charge in [0.15, 0.2) is 11.6 Å². The van der Waals surface area contributed by atoms with E-state index in [1.807, 2.05) is 31.2 Å². The molecule has 2 aliphatic rings. The maximum absolute atomic E-state index is 15.0. The average molecular weight is 677 g/mol. The van der Waals surface area contributed by atoms with Crippen LogP contribution in [0.2, 0.25) is 0 Å². The molecule has 1 aromatic heterocycles. The summed E-state index contributed by atoms with van der Waals surface area (Å²) < 4.78 is 56.7. The second kappa shape index (κ2) is 11.4. The van der Waals surface area contributed by atoms with E-state index in [9.17, 15) is 21.6 Å². The molecular weight excluding hydrogens is 641 g/mol. The van der Waals surface area contributed by atoms with Crippen LogP contribution in [-0.4, -0.2) is 50.5 Å². The smallest absolute Gasteiger partial charge is 0.286 e. The molecule has 1 aliphatic heterocycles. The Morgan fingerprint density at radius 1 is 1.02 bits per heavy atom.